The molecule has 0 aromatic heterocycles. The molecule has 0 radical (unpaired) electrons. The number of benzene rings is 1. The molecular weight excluding hydrogens is 235 g/mol. The molecule has 3 N–H and O–H groups in total. The van der Waals surface area contributed by atoms with E-state index in [1.165, 1.54) is 6.07 Å². The molecule has 1 aromatic carbocycles. The molecule has 0 aliphatic heterocycles. The van der Waals surface area contributed by atoms with Gasteiger partial charge in [-0.15, -0.1) is 0 Å². The second kappa shape index (κ2) is 5.35. The SMILES string of the molecule is C[C@@H](CN)NC(=O)c1ccc(Cl)cc1Cl. The average molecular weight is 247 g/mol. The Balaban J connectivity index is 2.82. The zero-order valence-corrected chi connectivity index (χ0v) is 9.77. The molecular formula is C10H12Cl2N2O. The quantitative estimate of drug-likeness (QED) is 0.859. The van der Waals surface area contributed by atoms with E-state index in [1.807, 2.05) is 6.92 Å². The van der Waals surface area contributed by atoms with Crippen LogP contribution in [0.25, 0.3) is 0 Å². The van der Waals surface area contributed by atoms with Gasteiger partial charge in [0.1, 0.15) is 0 Å². The van der Waals surface area contributed by atoms with Crippen LogP contribution >= 0.6 is 23.2 Å². The van der Waals surface area contributed by atoms with Gasteiger partial charge >= 0.3 is 0 Å². The van der Waals surface area contributed by atoms with Crippen molar-refractivity contribution in [1.82, 2.24) is 5.32 Å². The van der Waals surface area contributed by atoms with Crippen molar-refractivity contribution in [3.05, 3.63) is 33.8 Å². The zero-order valence-electron chi connectivity index (χ0n) is 8.26. The number of amides is 1. The summed E-state index contributed by atoms with van der Waals surface area (Å²) in [6.45, 7) is 2.21. The lowest BCUT2D eigenvalue weighted by atomic mass is 10.2. The Bertz CT molecular complexity index is 368. The lowest BCUT2D eigenvalue weighted by molar-refractivity contribution is 0.0941. The predicted molar refractivity (Wildman–Crippen MR) is 62.4 cm³/mol. The van der Waals surface area contributed by atoms with E-state index in [4.69, 9.17) is 28.9 Å². The van der Waals surface area contributed by atoms with Gasteiger partial charge in [-0.3, -0.25) is 4.79 Å². The number of nitrogens with two attached hydrogens (primary N) is 1. The molecule has 0 saturated heterocycles. The van der Waals surface area contributed by atoms with Crippen LogP contribution in [0.3, 0.4) is 0 Å². The molecule has 1 atom stereocenters. The first-order valence-electron chi connectivity index (χ1n) is 4.50. The Morgan fingerprint density at radius 3 is 2.73 bits per heavy atom. The fraction of sp³-hybridized carbons (Fsp3) is 0.300. The molecule has 3 nitrogen and oxygen atoms in total. The average Bonchev–Trinajstić information content (AvgIpc) is 2.17. The van der Waals surface area contributed by atoms with Crippen LogP contribution in [-0.2, 0) is 0 Å². The largest absolute Gasteiger partial charge is 0.348 e. The number of hydrogen-bond acceptors (Lipinski definition) is 2. The van der Waals surface area contributed by atoms with E-state index in [-0.39, 0.29) is 11.9 Å². The van der Waals surface area contributed by atoms with E-state index in [1.54, 1.807) is 12.1 Å². The summed E-state index contributed by atoms with van der Waals surface area (Å²) in [6, 6.07) is 4.66. The van der Waals surface area contributed by atoms with Crippen LogP contribution in [0.4, 0.5) is 0 Å². The molecule has 0 heterocycles. The van der Waals surface area contributed by atoms with E-state index in [0.29, 0.717) is 22.2 Å². The third-order valence-corrected chi connectivity index (χ3v) is 2.45. The molecule has 0 saturated carbocycles. The van der Waals surface area contributed by atoms with E-state index in [0.717, 1.165) is 0 Å². The number of nitrogens with one attached hydrogen (secondary N) is 1. The van der Waals surface area contributed by atoms with Crippen LogP contribution in [0, 0.1) is 0 Å². The van der Waals surface area contributed by atoms with Crippen molar-refractivity contribution >= 4 is 29.1 Å². The Morgan fingerprint density at radius 2 is 2.20 bits per heavy atom. The van der Waals surface area contributed by atoms with Gasteiger partial charge in [-0.25, -0.2) is 0 Å². The van der Waals surface area contributed by atoms with Gasteiger partial charge in [0, 0.05) is 17.6 Å². The highest BCUT2D eigenvalue weighted by Crippen LogP contribution is 2.20. The highest BCUT2D eigenvalue weighted by atomic mass is 35.5. The Labute approximate surface area is 98.5 Å². The van der Waals surface area contributed by atoms with E-state index in [2.05, 4.69) is 5.32 Å². The molecule has 82 valence electrons. The van der Waals surface area contributed by atoms with Crippen LogP contribution in [-0.4, -0.2) is 18.5 Å². The topological polar surface area (TPSA) is 55.1 Å². The van der Waals surface area contributed by atoms with Crippen LogP contribution in [0.2, 0.25) is 10.0 Å². The van der Waals surface area contributed by atoms with Gasteiger partial charge in [0.25, 0.3) is 5.91 Å². The molecule has 0 aliphatic rings. The molecule has 0 fully saturated rings. The van der Waals surface area contributed by atoms with Gasteiger partial charge in [-0.2, -0.15) is 0 Å². The summed E-state index contributed by atoms with van der Waals surface area (Å²) in [5.74, 6) is -0.241. The molecule has 1 amide bonds. The van der Waals surface area contributed by atoms with Crippen molar-refractivity contribution in [3.8, 4) is 0 Å². The molecule has 1 aromatic rings. The summed E-state index contributed by atoms with van der Waals surface area (Å²) in [6.07, 6.45) is 0. The minimum absolute atomic E-state index is 0.0794. The second-order valence-electron chi connectivity index (χ2n) is 3.23. The van der Waals surface area contributed by atoms with Crippen molar-refractivity contribution in [3.63, 3.8) is 0 Å². The molecule has 0 spiro atoms. The van der Waals surface area contributed by atoms with Crippen molar-refractivity contribution in [2.24, 2.45) is 5.73 Å². The first-order valence-corrected chi connectivity index (χ1v) is 5.26. The lowest BCUT2D eigenvalue weighted by Crippen LogP contribution is -2.37. The molecule has 0 aliphatic carbocycles. The smallest absolute Gasteiger partial charge is 0.253 e. The van der Waals surface area contributed by atoms with Gasteiger partial charge in [0.15, 0.2) is 0 Å². The summed E-state index contributed by atoms with van der Waals surface area (Å²) in [7, 11) is 0. The van der Waals surface area contributed by atoms with Crippen LogP contribution in [0.5, 0.6) is 0 Å². The highest BCUT2D eigenvalue weighted by molar-refractivity contribution is 6.36. The maximum atomic E-state index is 11.7. The molecule has 0 unspecified atom stereocenters. The third kappa shape index (κ3) is 3.38. The van der Waals surface area contributed by atoms with Crippen LogP contribution in [0.1, 0.15) is 17.3 Å². The van der Waals surface area contributed by atoms with Crippen LogP contribution < -0.4 is 11.1 Å². The van der Waals surface area contributed by atoms with Crippen molar-refractivity contribution < 1.29 is 4.79 Å². The summed E-state index contributed by atoms with van der Waals surface area (Å²) < 4.78 is 0. The van der Waals surface area contributed by atoms with Gasteiger partial charge < -0.3 is 11.1 Å². The molecule has 5 heteroatoms. The molecule has 0 bridgehead atoms. The fourth-order valence-electron chi connectivity index (χ4n) is 1.03. The first-order chi connectivity index (χ1) is 7.04. The normalized spacial score (nSPS) is 12.3. The molecule has 15 heavy (non-hydrogen) atoms. The predicted octanol–water partition coefficient (Wildman–Crippen LogP) is 2.07. The number of carbonyl (C=O) groups excluding carboxylic acids is 1. The Morgan fingerprint density at radius 1 is 1.53 bits per heavy atom. The number of rotatable bonds is 3. The van der Waals surface area contributed by atoms with Crippen LogP contribution in [0.15, 0.2) is 18.2 Å². The van der Waals surface area contributed by atoms with E-state index >= 15 is 0 Å². The second-order valence-corrected chi connectivity index (χ2v) is 4.08. The summed E-state index contributed by atoms with van der Waals surface area (Å²) in [4.78, 5) is 11.7. The third-order valence-electron chi connectivity index (χ3n) is 1.91. The summed E-state index contributed by atoms with van der Waals surface area (Å²) in [5, 5.41) is 3.56. The number of carbonyl (C=O) groups is 1. The van der Waals surface area contributed by atoms with Gasteiger partial charge in [-0.1, -0.05) is 23.2 Å². The first kappa shape index (κ1) is 12.3. The van der Waals surface area contributed by atoms with Crippen molar-refractivity contribution in [2.45, 2.75) is 13.0 Å². The minimum atomic E-state index is -0.241. The summed E-state index contributed by atoms with van der Waals surface area (Å²) in [5.41, 5.74) is 5.80. The van der Waals surface area contributed by atoms with Crippen molar-refractivity contribution in [2.75, 3.05) is 6.54 Å². The lowest BCUT2D eigenvalue weighted by Gasteiger charge is -2.12. The zero-order chi connectivity index (χ0) is 11.4. The molecule has 1 rings (SSSR count). The van der Waals surface area contributed by atoms with Gasteiger partial charge in [0.05, 0.1) is 10.6 Å². The van der Waals surface area contributed by atoms with Gasteiger partial charge in [0.2, 0.25) is 0 Å². The standard InChI is InChI=1S/C10H12Cl2N2O/c1-6(5-13)14-10(15)8-3-2-7(11)4-9(8)12/h2-4,6H,5,13H2,1H3,(H,14,15)/t6-/m0/s1. The highest BCUT2D eigenvalue weighted by Gasteiger charge is 2.12. The summed E-state index contributed by atoms with van der Waals surface area (Å²) >= 11 is 11.6. The van der Waals surface area contributed by atoms with E-state index in [9.17, 15) is 4.79 Å². The maximum absolute atomic E-state index is 11.7. The van der Waals surface area contributed by atoms with E-state index < -0.39 is 0 Å². The number of hydrogen-bond donors (Lipinski definition) is 2. The van der Waals surface area contributed by atoms with Gasteiger partial charge in [-0.05, 0) is 25.1 Å². The Hall–Kier alpha value is -0.770. The monoisotopic (exact) mass is 246 g/mol. The van der Waals surface area contributed by atoms with Crippen molar-refractivity contribution in [1.29, 1.82) is 0 Å². The maximum Gasteiger partial charge on any atom is 0.253 e. The number of halogens is 2. The fourth-order valence-corrected chi connectivity index (χ4v) is 1.53. The Kier molecular flexibility index (Phi) is 4.39. The minimum Gasteiger partial charge on any atom is -0.348 e.